The molecule has 1 aliphatic carbocycles. The van der Waals surface area contributed by atoms with Crippen LogP contribution in [0.2, 0.25) is 0 Å². The molecular formula is C14H16FN3S. The van der Waals surface area contributed by atoms with Crippen molar-refractivity contribution >= 4 is 11.5 Å². The molecule has 1 saturated carbocycles. The molecular weight excluding hydrogens is 261 g/mol. The Balaban J connectivity index is 1.55. The van der Waals surface area contributed by atoms with E-state index in [9.17, 15) is 4.39 Å². The predicted octanol–water partition coefficient (Wildman–Crippen LogP) is 3.10. The Morgan fingerprint density at radius 1 is 1.37 bits per heavy atom. The molecule has 1 aliphatic rings. The van der Waals surface area contributed by atoms with Crippen LogP contribution in [-0.4, -0.2) is 15.6 Å². The fourth-order valence-corrected chi connectivity index (χ4v) is 3.19. The van der Waals surface area contributed by atoms with Crippen molar-refractivity contribution < 1.29 is 4.39 Å². The minimum atomic E-state index is -0.137. The van der Waals surface area contributed by atoms with Crippen LogP contribution in [0.15, 0.2) is 29.6 Å². The molecule has 3 rings (SSSR count). The van der Waals surface area contributed by atoms with E-state index >= 15 is 0 Å². The number of rotatable bonds is 4. The lowest BCUT2D eigenvalue weighted by atomic mass is 9.97. The van der Waals surface area contributed by atoms with Gasteiger partial charge in [0.1, 0.15) is 5.82 Å². The van der Waals surface area contributed by atoms with Gasteiger partial charge in [-0.2, -0.15) is 0 Å². The minimum Gasteiger partial charge on any atom is -0.308 e. The second-order valence-electron chi connectivity index (χ2n) is 5.04. The molecule has 19 heavy (non-hydrogen) atoms. The molecule has 1 aromatic carbocycles. The number of nitrogens with zero attached hydrogens (tertiary/aromatic N) is 2. The molecule has 3 nitrogen and oxygen atoms in total. The first-order chi connectivity index (χ1) is 9.31. The van der Waals surface area contributed by atoms with Crippen LogP contribution in [-0.2, 0) is 6.54 Å². The van der Waals surface area contributed by atoms with E-state index in [0.717, 1.165) is 37.1 Å². The third kappa shape index (κ3) is 3.16. The third-order valence-electron chi connectivity index (χ3n) is 3.73. The zero-order chi connectivity index (χ0) is 13.1. The summed E-state index contributed by atoms with van der Waals surface area (Å²) >= 11 is 1.38. The molecule has 0 amide bonds. The van der Waals surface area contributed by atoms with Gasteiger partial charge in [-0.25, -0.2) is 4.39 Å². The van der Waals surface area contributed by atoms with Gasteiger partial charge in [0.05, 0.1) is 5.69 Å². The number of aromatic nitrogens is 2. The first kappa shape index (κ1) is 12.7. The topological polar surface area (TPSA) is 37.8 Å². The minimum absolute atomic E-state index is 0.137. The third-order valence-corrected chi connectivity index (χ3v) is 4.28. The van der Waals surface area contributed by atoms with Gasteiger partial charge in [-0.1, -0.05) is 16.6 Å². The maximum atomic E-state index is 13.2. The summed E-state index contributed by atoms with van der Waals surface area (Å²) in [5, 5.41) is 9.50. The van der Waals surface area contributed by atoms with Crippen LogP contribution < -0.4 is 5.32 Å². The first-order valence-electron chi connectivity index (χ1n) is 6.56. The van der Waals surface area contributed by atoms with Crippen molar-refractivity contribution in [2.75, 3.05) is 0 Å². The monoisotopic (exact) mass is 277 g/mol. The van der Waals surface area contributed by atoms with Gasteiger partial charge in [0.2, 0.25) is 0 Å². The van der Waals surface area contributed by atoms with Crippen molar-refractivity contribution in [1.29, 1.82) is 0 Å². The van der Waals surface area contributed by atoms with Gasteiger partial charge in [-0.3, -0.25) is 0 Å². The van der Waals surface area contributed by atoms with Crippen molar-refractivity contribution in [1.82, 2.24) is 14.9 Å². The predicted molar refractivity (Wildman–Crippen MR) is 73.5 cm³/mol. The van der Waals surface area contributed by atoms with E-state index in [1.807, 2.05) is 11.4 Å². The van der Waals surface area contributed by atoms with Crippen LogP contribution >= 0.6 is 11.5 Å². The molecule has 0 aliphatic heterocycles. The van der Waals surface area contributed by atoms with Crippen molar-refractivity contribution in [3.8, 4) is 0 Å². The summed E-state index contributed by atoms with van der Waals surface area (Å²) in [5.41, 5.74) is 2.12. The highest BCUT2D eigenvalue weighted by Gasteiger charge is 2.25. The van der Waals surface area contributed by atoms with Crippen molar-refractivity contribution in [2.24, 2.45) is 0 Å². The van der Waals surface area contributed by atoms with Crippen LogP contribution in [0.25, 0.3) is 0 Å². The van der Waals surface area contributed by atoms with Crippen LogP contribution in [0.5, 0.6) is 0 Å². The van der Waals surface area contributed by atoms with Crippen LogP contribution in [0.3, 0.4) is 0 Å². The molecule has 2 aromatic rings. The largest absolute Gasteiger partial charge is 0.308 e. The number of nitrogens with one attached hydrogen (secondary N) is 1. The van der Waals surface area contributed by atoms with Crippen LogP contribution in [0.1, 0.15) is 36.4 Å². The molecule has 0 bridgehead atoms. The van der Waals surface area contributed by atoms with Gasteiger partial charge in [0.15, 0.2) is 0 Å². The summed E-state index contributed by atoms with van der Waals surface area (Å²) in [6.07, 6.45) is 3.33. The maximum absolute atomic E-state index is 13.2. The maximum Gasteiger partial charge on any atom is 0.123 e. The highest BCUT2D eigenvalue weighted by molar-refractivity contribution is 7.03. The molecule has 0 spiro atoms. The molecule has 2 atom stereocenters. The molecule has 1 heterocycles. The zero-order valence-corrected chi connectivity index (χ0v) is 11.4. The zero-order valence-electron chi connectivity index (χ0n) is 10.6. The van der Waals surface area contributed by atoms with Gasteiger partial charge in [-0.15, -0.1) is 5.10 Å². The summed E-state index contributed by atoms with van der Waals surface area (Å²) in [7, 11) is 0. The lowest BCUT2D eigenvalue weighted by molar-refractivity contribution is 0.512. The smallest absolute Gasteiger partial charge is 0.123 e. The lowest BCUT2D eigenvalue weighted by Gasteiger charge is -2.12. The van der Waals surface area contributed by atoms with E-state index in [1.165, 1.54) is 17.6 Å². The van der Waals surface area contributed by atoms with E-state index in [4.69, 9.17) is 0 Å². The van der Waals surface area contributed by atoms with Gasteiger partial charge >= 0.3 is 0 Å². The van der Waals surface area contributed by atoms with Crippen molar-refractivity contribution in [3.05, 3.63) is 46.7 Å². The molecule has 1 aromatic heterocycles. The van der Waals surface area contributed by atoms with E-state index in [-0.39, 0.29) is 5.82 Å². The second-order valence-corrected chi connectivity index (χ2v) is 5.65. The average Bonchev–Trinajstić information content (AvgIpc) is 3.08. The standard InChI is InChI=1S/C14H16FN3S/c15-12-3-1-2-10(6-12)11-4-5-13(7-11)16-8-14-9-19-18-17-14/h1-3,6,9,11,13,16H,4-5,7-8H2. The number of hydrogen-bond donors (Lipinski definition) is 1. The van der Waals surface area contributed by atoms with Crippen LogP contribution in [0.4, 0.5) is 4.39 Å². The van der Waals surface area contributed by atoms with Gasteiger partial charge in [0.25, 0.3) is 0 Å². The Labute approximate surface area is 116 Å². The Kier molecular flexibility index (Phi) is 3.84. The van der Waals surface area contributed by atoms with E-state index in [1.54, 1.807) is 12.1 Å². The van der Waals surface area contributed by atoms with Crippen molar-refractivity contribution in [3.63, 3.8) is 0 Å². The second kappa shape index (κ2) is 5.75. The summed E-state index contributed by atoms with van der Waals surface area (Å²) in [5.74, 6) is 0.337. The van der Waals surface area contributed by atoms with Gasteiger partial charge in [-0.05, 0) is 54.4 Å². The summed E-state index contributed by atoms with van der Waals surface area (Å²) < 4.78 is 17.1. The highest BCUT2D eigenvalue weighted by atomic mass is 32.1. The highest BCUT2D eigenvalue weighted by Crippen LogP contribution is 2.34. The molecule has 5 heteroatoms. The SMILES string of the molecule is Fc1cccc(C2CCC(NCc3csnn3)C2)c1. The Hall–Kier alpha value is -1.33. The van der Waals surface area contributed by atoms with Crippen molar-refractivity contribution in [2.45, 2.75) is 37.8 Å². The Morgan fingerprint density at radius 2 is 2.32 bits per heavy atom. The molecule has 0 saturated heterocycles. The molecule has 100 valence electrons. The number of benzene rings is 1. The average molecular weight is 277 g/mol. The summed E-state index contributed by atoms with van der Waals surface area (Å²) in [6.45, 7) is 0.775. The summed E-state index contributed by atoms with van der Waals surface area (Å²) in [4.78, 5) is 0. The molecule has 1 N–H and O–H groups in total. The molecule has 0 radical (unpaired) electrons. The van der Waals surface area contributed by atoms with Crippen LogP contribution in [0, 0.1) is 5.82 Å². The normalized spacial score (nSPS) is 22.8. The number of halogens is 1. The van der Waals surface area contributed by atoms with E-state index in [0.29, 0.717) is 12.0 Å². The first-order valence-corrected chi connectivity index (χ1v) is 7.39. The van der Waals surface area contributed by atoms with Gasteiger partial charge in [0, 0.05) is 18.0 Å². The fourth-order valence-electron chi connectivity index (χ4n) is 2.74. The fraction of sp³-hybridized carbons (Fsp3) is 0.429. The molecule has 1 fully saturated rings. The lowest BCUT2D eigenvalue weighted by Crippen LogP contribution is -2.25. The van der Waals surface area contributed by atoms with Gasteiger partial charge < -0.3 is 5.32 Å². The Bertz CT molecular complexity index is 529. The van der Waals surface area contributed by atoms with E-state index < -0.39 is 0 Å². The molecule has 2 unspecified atom stereocenters. The number of hydrogen-bond acceptors (Lipinski definition) is 4. The summed E-state index contributed by atoms with van der Waals surface area (Å²) in [6, 6.07) is 7.49. The quantitative estimate of drug-likeness (QED) is 0.933. The Morgan fingerprint density at radius 3 is 3.11 bits per heavy atom. The van der Waals surface area contributed by atoms with E-state index in [2.05, 4.69) is 14.9 Å².